The van der Waals surface area contributed by atoms with Gasteiger partial charge in [-0.3, -0.25) is 4.79 Å². The first-order valence-corrected chi connectivity index (χ1v) is 7.83. The van der Waals surface area contributed by atoms with Crippen LogP contribution < -0.4 is 5.73 Å². The largest absolute Gasteiger partial charge is 0.384 e. The Balaban J connectivity index is 1.77. The first-order chi connectivity index (χ1) is 12.0. The van der Waals surface area contributed by atoms with Crippen LogP contribution in [0.15, 0.2) is 48.8 Å². The lowest BCUT2D eigenvalue weighted by Crippen LogP contribution is -2.24. The zero-order chi connectivity index (χ0) is 18.0. The van der Waals surface area contributed by atoms with Gasteiger partial charge in [0.25, 0.3) is 0 Å². The van der Waals surface area contributed by atoms with Crippen LogP contribution >= 0.6 is 0 Å². The predicted molar refractivity (Wildman–Crippen MR) is 97.0 cm³/mol. The number of nitrogens with two attached hydrogens (primary N) is 1. The minimum absolute atomic E-state index is 0.176. The Morgan fingerprint density at radius 3 is 2.88 bits per heavy atom. The van der Waals surface area contributed by atoms with Gasteiger partial charge in [-0.2, -0.15) is 0 Å². The van der Waals surface area contributed by atoms with Gasteiger partial charge in [0.15, 0.2) is 0 Å². The Morgan fingerprint density at radius 2 is 2.16 bits per heavy atom. The minimum Gasteiger partial charge on any atom is -0.384 e. The van der Waals surface area contributed by atoms with Gasteiger partial charge < -0.3 is 15.2 Å². The van der Waals surface area contributed by atoms with Crippen molar-refractivity contribution in [3.8, 4) is 0 Å². The molecule has 2 heterocycles. The van der Waals surface area contributed by atoms with Crippen molar-refractivity contribution in [3.63, 3.8) is 0 Å². The number of likely N-dealkylation sites (N-methyl/N-ethyl adjacent to an activating group) is 1. The van der Waals surface area contributed by atoms with Crippen LogP contribution in [0.4, 0.5) is 10.2 Å². The Kier molecular flexibility index (Phi) is 4.52. The van der Waals surface area contributed by atoms with E-state index in [-0.39, 0.29) is 11.7 Å². The number of fused-ring (bicyclic) bond motifs is 1. The van der Waals surface area contributed by atoms with E-state index in [9.17, 15) is 9.18 Å². The van der Waals surface area contributed by atoms with Crippen molar-refractivity contribution in [1.82, 2.24) is 14.5 Å². The molecule has 0 atom stereocenters. The summed E-state index contributed by atoms with van der Waals surface area (Å²) < 4.78 is 16.0. The number of nitrogen functional groups attached to an aromatic ring is 1. The van der Waals surface area contributed by atoms with E-state index in [1.165, 1.54) is 12.1 Å². The Bertz CT molecular complexity index is 944. The summed E-state index contributed by atoms with van der Waals surface area (Å²) in [6.07, 6.45) is 6.59. The molecule has 0 unspecified atom stereocenters. The summed E-state index contributed by atoms with van der Waals surface area (Å²) in [7, 11) is 3.55. The van der Waals surface area contributed by atoms with E-state index in [1.54, 1.807) is 42.4 Å². The first kappa shape index (κ1) is 16.7. The van der Waals surface area contributed by atoms with Crippen LogP contribution in [0.2, 0.25) is 0 Å². The second-order valence-corrected chi connectivity index (χ2v) is 5.94. The third kappa shape index (κ3) is 3.52. The van der Waals surface area contributed by atoms with E-state index in [2.05, 4.69) is 4.98 Å². The van der Waals surface area contributed by atoms with E-state index >= 15 is 0 Å². The number of aryl methyl sites for hydroxylation is 1. The number of carbonyl (C=O) groups is 1. The summed E-state index contributed by atoms with van der Waals surface area (Å²) in [5, 5.41) is 0.552. The van der Waals surface area contributed by atoms with E-state index in [1.807, 2.05) is 23.9 Å². The average molecular weight is 338 g/mol. The van der Waals surface area contributed by atoms with Gasteiger partial charge in [-0.1, -0.05) is 6.07 Å². The summed E-state index contributed by atoms with van der Waals surface area (Å²) in [5.74, 6) is -0.0267. The van der Waals surface area contributed by atoms with Crippen LogP contribution in [0.25, 0.3) is 17.0 Å². The third-order valence-electron chi connectivity index (χ3n) is 4.05. The van der Waals surface area contributed by atoms with Gasteiger partial charge in [-0.25, -0.2) is 9.37 Å². The molecule has 0 bridgehead atoms. The van der Waals surface area contributed by atoms with Crippen LogP contribution in [0, 0.1) is 5.82 Å². The number of hydrogen-bond donors (Lipinski definition) is 1. The monoisotopic (exact) mass is 338 g/mol. The van der Waals surface area contributed by atoms with Gasteiger partial charge in [0.1, 0.15) is 11.6 Å². The standard InChI is InChI=1S/C19H19FN4O/c1-23-11-14(19-15(20)4-3-5-16(19)23)12-24(2)18(25)9-7-13-6-8-17(21)22-10-13/h3-11H,12H2,1-2H3,(H2,21,22)/b9-7+. The molecule has 0 saturated heterocycles. The van der Waals surface area contributed by atoms with Gasteiger partial charge >= 0.3 is 0 Å². The quantitative estimate of drug-likeness (QED) is 0.744. The lowest BCUT2D eigenvalue weighted by molar-refractivity contribution is -0.125. The Labute approximate surface area is 145 Å². The average Bonchev–Trinajstić information content (AvgIpc) is 2.91. The zero-order valence-corrected chi connectivity index (χ0v) is 14.1. The molecule has 0 aliphatic rings. The van der Waals surface area contributed by atoms with Crippen LogP contribution in [-0.4, -0.2) is 27.4 Å². The molecule has 0 aliphatic carbocycles. The van der Waals surface area contributed by atoms with E-state index in [4.69, 9.17) is 5.73 Å². The van der Waals surface area contributed by atoms with Crippen LogP contribution in [-0.2, 0) is 18.4 Å². The third-order valence-corrected chi connectivity index (χ3v) is 4.05. The highest BCUT2D eigenvalue weighted by atomic mass is 19.1. The first-order valence-electron chi connectivity index (χ1n) is 7.83. The summed E-state index contributed by atoms with van der Waals surface area (Å²) >= 11 is 0. The van der Waals surface area contributed by atoms with Crippen molar-refractivity contribution in [3.05, 3.63) is 65.7 Å². The number of amides is 1. The molecule has 2 aromatic heterocycles. The molecule has 6 heteroatoms. The number of carbonyl (C=O) groups excluding carboxylic acids is 1. The van der Waals surface area contributed by atoms with Gasteiger partial charge in [-0.05, 0) is 41.5 Å². The lowest BCUT2D eigenvalue weighted by Gasteiger charge is -2.14. The van der Waals surface area contributed by atoms with Crippen LogP contribution in [0.3, 0.4) is 0 Å². The number of aromatic nitrogens is 2. The molecule has 2 N–H and O–H groups in total. The van der Waals surface area contributed by atoms with Crippen molar-refractivity contribution in [2.75, 3.05) is 12.8 Å². The highest BCUT2D eigenvalue weighted by Crippen LogP contribution is 2.24. The molecular formula is C19H19FN4O. The van der Waals surface area contributed by atoms with Crippen molar-refractivity contribution in [2.24, 2.45) is 7.05 Å². The van der Waals surface area contributed by atoms with Crippen LogP contribution in [0.1, 0.15) is 11.1 Å². The van der Waals surface area contributed by atoms with Crippen molar-refractivity contribution < 1.29 is 9.18 Å². The number of hydrogen-bond acceptors (Lipinski definition) is 3. The molecule has 0 spiro atoms. The maximum atomic E-state index is 14.2. The Morgan fingerprint density at radius 1 is 1.36 bits per heavy atom. The second kappa shape index (κ2) is 6.76. The van der Waals surface area contributed by atoms with E-state index < -0.39 is 0 Å². The van der Waals surface area contributed by atoms with Crippen LogP contribution in [0.5, 0.6) is 0 Å². The minimum atomic E-state index is -0.280. The number of halogens is 1. The molecule has 1 aromatic carbocycles. The van der Waals surface area contributed by atoms with Crippen molar-refractivity contribution >= 4 is 28.7 Å². The molecule has 3 aromatic rings. The lowest BCUT2D eigenvalue weighted by atomic mass is 10.1. The van der Waals surface area contributed by atoms with E-state index in [0.29, 0.717) is 17.7 Å². The van der Waals surface area contributed by atoms with Crippen molar-refractivity contribution in [1.29, 1.82) is 0 Å². The van der Waals surface area contributed by atoms with Crippen molar-refractivity contribution in [2.45, 2.75) is 6.54 Å². The molecule has 128 valence electrons. The Hall–Kier alpha value is -3.15. The normalized spacial score (nSPS) is 11.3. The summed E-state index contributed by atoms with van der Waals surface area (Å²) in [5.41, 5.74) is 7.89. The number of nitrogens with zero attached hydrogens (tertiary/aromatic N) is 3. The van der Waals surface area contributed by atoms with Gasteiger partial charge in [0.2, 0.25) is 5.91 Å². The van der Waals surface area contributed by atoms with E-state index in [0.717, 1.165) is 16.6 Å². The van der Waals surface area contributed by atoms with Gasteiger partial charge in [0.05, 0.1) is 5.52 Å². The summed E-state index contributed by atoms with van der Waals surface area (Å²) in [4.78, 5) is 17.8. The van der Waals surface area contributed by atoms with Gasteiger partial charge in [-0.15, -0.1) is 0 Å². The molecule has 0 aliphatic heterocycles. The fraction of sp³-hybridized carbons (Fsp3) is 0.158. The molecular weight excluding hydrogens is 319 g/mol. The number of pyridine rings is 1. The smallest absolute Gasteiger partial charge is 0.246 e. The number of benzene rings is 1. The maximum absolute atomic E-state index is 14.2. The molecule has 5 nitrogen and oxygen atoms in total. The molecule has 0 radical (unpaired) electrons. The molecule has 25 heavy (non-hydrogen) atoms. The number of rotatable bonds is 4. The zero-order valence-electron chi connectivity index (χ0n) is 14.1. The molecule has 0 fully saturated rings. The maximum Gasteiger partial charge on any atom is 0.246 e. The highest BCUT2D eigenvalue weighted by Gasteiger charge is 2.14. The topological polar surface area (TPSA) is 64.2 Å². The molecule has 3 rings (SSSR count). The highest BCUT2D eigenvalue weighted by molar-refractivity contribution is 5.92. The second-order valence-electron chi connectivity index (χ2n) is 5.94. The fourth-order valence-corrected chi connectivity index (χ4v) is 2.76. The van der Waals surface area contributed by atoms with Gasteiger partial charge in [0, 0.05) is 44.5 Å². The molecule has 1 amide bonds. The predicted octanol–water partition coefficient (Wildman–Crippen LogP) is 2.97. The molecule has 0 saturated carbocycles. The fourth-order valence-electron chi connectivity index (χ4n) is 2.76. The SMILES string of the molecule is CN(Cc1cn(C)c2cccc(F)c12)C(=O)/C=C/c1ccc(N)nc1. The number of anilines is 1. The summed E-state index contributed by atoms with van der Waals surface area (Å²) in [6.45, 7) is 0.321. The summed E-state index contributed by atoms with van der Waals surface area (Å²) in [6, 6.07) is 8.43.